The van der Waals surface area contributed by atoms with Crippen molar-refractivity contribution in [3.63, 3.8) is 0 Å². The monoisotopic (exact) mass is 456 g/mol. The fourth-order valence-corrected chi connectivity index (χ4v) is 4.58. The van der Waals surface area contributed by atoms with Crippen molar-refractivity contribution in [1.29, 1.82) is 0 Å². The van der Waals surface area contributed by atoms with Crippen LogP contribution >= 0.6 is 23.4 Å². The number of nitrogens with zero attached hydrogens (tertiary/aromatic N) is 5. The Bertz CT molecular complexity index is 1010. The van der Waals surface area contributed by atoms with Crippen LogP contribution in [-0.2, 0) is 11.3 Å². The second-order valence-corrected chi connectivity index (χ2v) is 8.82. The van der Waals surface area contributed by atoms with E-state index in [1.54, 1.807) is 24.5 Å². The van der Waals surface area contributed by atoms with E-state index in [1.807, 2.05) is 24.3 Å². The molecule has 2 aromatic heterocycles. The first kappa shape index (κ1) is 21.8. The summed E-state index contributed by atoms with van der Waals surface area (Å²) in [5.41, 5.74) is 1.65. The number of hydrogen-bond acceptors (Lipinski definition) is 6. The Morgan fingerprint density at radius 3 is 2.65 bits per heavy atom. The second-order valence-electron chi connectivity index (χ2n) is 7.44. The van der Waals surface area contributed by atoms with Crippen LogP contribution in [0, 0.1) is 0 Å². The smallest absolute Gasteiger partial charge is 0.234 e. The van der Waals surface area contributed by atoms with Gasteiger partial charge in [0, 0.05) is 41.8 Å². The van der Waals surface area contributed by atoms with E-state index in [0.29, 0.717) is 10.7 Å². The quantitative estimate of drug-likeness (QED) is 0.512. The molecule has 4 rings (SSSR count). The van der Waals surface area contributed by atoms with Gasteiger partial charge in [-0.25, -0.2) is 0 Å². The molecule has 1 saturated heterocycles. The van der Waals surface area contributed by atoms with Gasteiger partial charge in [0.15, 0.2) is 11.0 Å². The SMILES string of the molecule is O=C(CSc1nnc(-c2ccncc2)n1CCN1CCCCC1)Nc1cccc(Cl)c1. The van der Waals surface area contributed by atoms with Gasteiger partial charge < -0.3 is 14.8 Å². The van der Waals surface area contributed by atoms with E-state index in [0.717, 1.165) is 42.7 Å². The van der Waals surface area contributed by atoms with Crippen LogP contribution in [0.2, 0.25) is 5.02 Å². The van der Waals surface area contributed by atoms with E-state index >= 15 is 0 Å². The van der Waals surface area contributed by atoms with E-state index in [-0.39, 0.29) is 11.7 Å². The van der Waals surface area contributed by atoms with Gasteiger partial charge in [0.2, 0.25) is 5.91 Å². The van der Waals surface area contributed by atoms with Gasteiger partial charge in [-0.1, -0.05) is 35.9 Å². The molecule has 0 aliphatic carbocycles. The molecule has 7 nitrogen and oxygen atoms in total. The largest absolute Gasteiger partial charge is 0.325 e. The van der Waals surface area contributed by atoms with E-state index < -0.39 is 0 Å². The van der Waals surface area contributed by atoms with Crippen molar-refractivity contribution in [3.05, 3.63) is 53.8 Å². The van der Waals surface area contributed by atoms with Gasteiger partial charge in [-0.3, -0.25) is 9.78 Å². The van der Waals surface area contributed by atoms with Crippen LogP contribution in [0.25, 0.3) is 11.4 Å². The number of piperidine rings is 1. The van der Waals surface area contributed by atoms with Gasteiger partial charge in [-0.05, 0) is 56.3 Å². The molecule has 1 N–H and O–H groups in total. The fourth-order valence-electron chi connectivity index (χ4n) is 3.63. The molecule has 162 valence electrons. The molecule has 31 heavy (non-hydrogen) atoms. The Morgan fingerprint density at radius 2 is 1.87 bits per heavy atom. The van der Waals surface area contributed by atoms with Crippen LogP contribution in [0.1, 0.15) is 19.3 Å². The summed E-state index contributed by atoms with van der Waals surface area (Å²) < 4.78 is 2.11. The lowest BCUT2D eigenvalue weighted by atomic mass is 10.1. The predicted octanol–water partition coefficient (Wildman–Crippen LogP) is 4.21. The molecule has 1 fully saturated rings. The number of thioether (sulfide) groups is 1. The van der Waals surface area contributed by atoms with Crippen molar-refractivity contribution in [2.45, 2.75) is 31.0 Å². The summed E-state index contributed by atoms with van der Waals surface area (Å²) in [6.07, 6.45) is 7.33. The minimum Gasteiger partial charge on any atom is -0.325 e. The van der Waals surface area contributed by atoms with Crippen LogP contribution in [0.3, 0.4) is 0 Å². The molecule has 0 atom stereocenters. The lowest BCUT2D eigenvalue weighted by Gasteiger charge is -2.26. The first-order chi connectivity index (χ1) is 15.2. The molecule has 0 radical (unpaired) electrons. The van der Waals surface area contributed by atoms with Gasteiger partial charge in [0.25, 0.3) is 0 Å². The van der Waals surface area contributed by atoms with Crippen LogP contribution in [0.4, 0.5) is 5.69 Å². The third-order valence-corrected chi connectivity index (χ3v) is 6.39. The van der Waals surface area contributed by atoms with Crippen LogP contribution < -0.4 is 5.32 Å². The Balaban J connectivity index is 1.45. The fraction of sp³-hybridized carbons (Fsp3) is 0.364. The number of likely N-dealkylation sites (tertiary alicyclic amines) is 1. The van der Waals surface area contributed by atoms with E-state index in [4.69, 9.17) is 11.6 Å². The normalized spacial score (nSPS) is 14.5. The summed E-state index contributed by atoms with van der Waals surface area (Å²) >= 11 is 7.39. The zero-order valence-electron chi connectivity index (χ0n) is 17.2. The molecule has 9 heteroatoms. The topological polar surface area (TPSA) is 75.9 Å². The van der Waals surface area contributed by atoms with Crippen molar-refractivity contribution in [2.24, 2.45) is 0 Å². The standard InChI is InChI=1S/C22H25ClN6OS/c23-18-5-4-6-19(15-18)25-20(30)16-31-22-27-26-21(17-7-9-24-10-8-17)29(22)14-13-28-11-2-1-3-12-28/h4-10,15H,1-3,11-14,16H2,(H,25,30). The summed E-state index contributed by atoms with van der Waals surface area (Å²) in [5.74, 6) is 0.936. The third-order valence-electron chi connectivity index (χ3n) is 5.18. The van der Waals surface area contributed by atoms with Gasteiger partial charge in [-0.15, -0.1) is 10.2 Å². The molecule has 1 aromatic carbocycles. The molecular formula is C22H25ClN6OS. The van der Waals surface area contributed by atoms with Gasteiger partial charge >= 0.3 is 0 Å². The zero-order chi connectivity index (χ0) is 21.5. The van der Waals surface area contributed by atoms with Crippen molar-refractivity contribution >= 4 is 35.0 Å². The predicted molar refractivity (Wildman–Crippen MR) is 124 cm³/mol. The van der Waals surface area contributed by atoms with Gasteiger partial charge in [0.05, 0.1) is 5.75 Å². The van der Waals surface area contributed by atoms with Crippen LogP contribution in [0.5, 0.6) is 0 Å². The Kier molecular flexibility index (Phi) is 7.56. The number of pyridine rings is 1. The highest BCUT2D eigenvalue weighted by Crippen LogP contribution is 2.24. The molecule has 0 spiro atoms. The van der Waals surface area contributed by atoms with E-state index in [2.05, 4.69) is 30.0 Å². The number of rotatable bonds is 8. The first-order valence-electron chi connectivity index (χ1n) is 10.4. The van der Waals surface area contributed by atoms with Crippen LogP contribution in [-0.4, -0.2) is 55.9 Å². The number of carbonyl (C=O) groups excluding carboxylic acids is 1. The van der Waals surface area contributed by atoms with Crippen molar-refractivity contribution < 1.29 is 4.79 Å². The lowest BCUT2D eigenvalue weighted by Crippen LogP contribution is -2.32. The molecule has 0 saturated carbocycles. The molecule has 3 heterocycles. The molecular weight excluding hydrogens is 432 g/mol. The molecule has 3 aromatic rings. The molecule has 0 unspecified atom stereocenters. The highest BCUT2D eigenvalue weighted by atomic mass is 35.5. The minimum absolute atomic E-state index is 0.108. The summed E-state index contributed by atoms with van der Waals surface area (Å²) in [7, 11) is 0. The van der Waals surface area contributed by atoms with Crippen molar-refractivity contribution in [1.82, 2.24) is 24.6 Å². The number of halogens is 1. The number of amides is 1. The average molecular weight is 457 g/mol. The second kappa shape index (κ2) is 10.7. The zero-order valence-corrected chi connectivity index (χ0v) is 18.8. The molecule has 1 aliphatic heterocycles. The Labute approximate surface area is 191 Å². The number of nitrogens with one attached hydrogen (secondary N) is 1. The van der Waals surface area contributed by atoms with Gasteiger partial charge in [0.1, 0.15) is 0 Å². The third kappa shape index (κ3) is 6.06. The van der Waals surface area contributed by atoms with Gasteiger partial charge in [-0.2, -0.15) is 0 Å². The summed E-state index contributed by atoms with van der Waals surface area (Å²) in [5, 5.41) is 13.0. The average Bonchev–Trinajstić information content (AvgIpc) is 3.20. The number of anilines is 1. The molecule has 1 amide bonds. The number of hydrogen-bond donors (Lipinski definition) is 1. The molecule has 0 bridgehead atoms. The summed E-state index contributed by atoms with van der Waals surface area (Å²) in [6, 6.07) is 11.0. The number of carbonyl (C=O) groups is 1. The van der Waals surface area contributed by atoms with E-state index in [1.165, 1.54) is 31.0 Å². The number of aromatic nitrogens is 4. The minimum atomic E-state index is -0.108. The highest BCUT2D eigenvalue weighted by molar-refractivity contribution is 7.99. The number of benzene rings is 1. The maximum atomic E-state index is 12.4. The molecule has 1 aliphatic rings. The maximum absolute atomic E-state index is 12.4. The summed E-state index contributed by atoms with van der Waals surface area (Å²) in [6.45, 7) is 4.00. The van der Waals surface area contributed by atoms with E-state index in [9.17, 15) is 4.79 Å². The van der Waals surface area contributed by atoms with Crippen molar-refractivity contribution in [3.8, 4) is 11.4 Å². The van der Waals surface area contributed by atoms with Crippen molar-refractivity contribution in [2.75, 3.05) is 30.7 Å². The highest BCUT2D eigenvalue weighted by Gasteiger charge is 2.18. The first-order valence-corrected chi connectivity index (χ1v) is 11.8. The Morgan fingerprint density at radius 1 is 1.06 bits per heavy atom. The lowest BCUT2D eigenvalue weighted by molar-refractivity contribution is -0.113. The maximum Gasteiger partial charge on any atom is 0.234 e. The Hall–Kier alpha value is -2.42. The summed E-state index contributed by atoms with van der Waals surface area (Å²) in [4.78, 5) is 19.0. The van der Waals surface area contributed by atoms with Crippen LogP contribution in [0.15, 0.2) is 53.9 Å².